The fourth-order valence-electron chi connectivity index (χ4n) is 7.74. The third-order valence-electron chi connectivity index (χ3n) is 9.85. The molecular formula is C36H40N6O3. The molecule has 4 heterocycles. The highest BCUT2D eigenvalue weighted by atomic mass is 16.4. The summed E-state index contributed by atoms with van der Waals surface area (Å²) in [5, 5.41) is 31.6. The van der Waals surface area contributed by atoms with Gasteiger partial charge in [-0.3, -0.25) is 9.48 Å². The second kappa shape index (κ2) is 11.5. The van der Waals surface area contributed by atoms with Crippen LogP contribution in [0.4, 0.5) is 5.82 Å². The summed E-state index contributed by atoms with van der Waals surface area (Å²) >= 11 is 0. The van der Waals surface area contributed by atoms with Crippen LogP contribution in [0.3, 0.4) is 0 Å². The topological polar surface area (TPSA) is 109 Å². The van der Waals surface area contributed by atoms with Gasteiger partial charge in [0.05, 0.1) is 41.2 Å². The number of benzene rings is 2. The van der Waals surface area contributed by atoms with Crippen molar-refractivity contribution in [2.75, 3.05) is 18.0 Å². The van der Waals surface area contributed by atoms with E-state index in [0.29, 0.717) is 6.54 Å². The smallest absolute Gasteiger partial charge is 0.307 e. The van der Waals surface area contributed by atoms with Crippen molar-refractivity contribution >= 4 is 22.7 Å². The van der Waals surface area contributed by atoms with Crippen LogP contribution in [0.25, 0.3) is 27.8 Å². The Kier molecular flexibility index (Phi) is 7.44. The lowest BCUT2D eigenvalue weighted by Crippen LogP contribution is -2.45. The Hall–Kier alpha value is -4.50. The van der Waals surface area contributed by atoms with Crippen molar-refractivity contribution in [1.82, 2.24) is 24.5 Å². The predicted octanol–water partition coefficient (Wildman–Crippen LogP) is 6.30. The number of carbonyl (C=O) groups is 1. The molecule has 4 atom stereocenters. The number of aliphatic hydroxyl groups is 1. The summed E-state index contributed by atoms with van der Waals surface area (Å²) in [5.74, 6) is 0.619. The van der Waals surface area contributed by atoms with Crippen LogP contribution in [0, 0.1) is 31.6 Å². The van der Waals surface area contributed by atoms with Crippen LogP contribution < -0.4 is 4.90 Å². The van der Waals surface area contributed by atoms with E-state index in [1.165, 1.54) is 5.56 Å². The van der Waals surface area contributed by atoms with Gasteiger partial charge in [-0.2, -0.15) is 10.2 Å². The van der Waals surface area contributed by atoms with Crippen molar-refractivity contribution < 1.29 is 15.0 Å². The molecule has 9 heteroatoms. The second-order valence-electron chi connectivity index (χ2n) is 13.1. The molecule has 2 fully saturated rings. The van der Waals surface area contributed by atoms with Gasteiger partial charge in [0.15, 0.2) is 0 Å². The number of pyridine rings is 1. The monoisotopic (exact) mass is 604 g/mol. The van der Waals surface area contributed by atoms with E-state index in [-0.39, 0.29) is 23.7 Å². The Morgan fingerprint density at radius 1 is 0.956 bits per heavy atom. The number of aryl methyl sites for hydroxylation is 1. The maximum atomic E-state index is 11.8. The number of carboxylic acids is 1. The van der Waals surface area contributed by atoms with Gasteiger partial charge >= 0.3 is 5.97 Å². The number of piperidine rings is 1. The number of carboxylic acid groups (broad SMARTS) is 1. The first-order chi connectivity index (χ1) is 21.7. The van der Waals surface area contributed by atoms with E-state index in [2.05, 4.69) is 43.9 Å². The summed E-state index contributed by atoms with van der Waals surface area (Å²) in [6.07, 6.45) is 3.30. The summed E-state index contributed by atoms with van der Waals surface area (Å²) in [7, 11) is 0. The first kappa shape index (κ1) is 29.2. The van der Waals surface area contributed by atoms with Crippen LogP contribution in [0.5, 0.6) is 0 Å². The molecule has 9 nitrogen and oxygen atoms in total. The molecule has 1 saturated carbocycles. The van der Waals surface area contributed by atoms with Crippen molar-refractivity contribution in [2.24, 2.45) is 17.8 Å². The van der Waals surface area contributed by atoms with Gasteiger partial charge < -0.3 is 15.1 Å². The highest BCUT2D eigenvalue weighted by Gasteiger charge is 2.46. The van der Waals surface area contributed by atoms with Gasteiger partial charge in [0.1, 0.15) is 5.82 Å². The second-order valence-corrected chi connectivity index (χ2v) is 13.1. The molecule has 232 valence electrons. The minimum Gasteiger partial charge on any atom is -0.481 e. The third kappa shape index (κ3) is 5.19. The summed E-state index contributed by atoms with van der Waals surface area (Å²) in [6.45, 7) is 10.4. The Bertz CT molecular complexity index is 1860. The molecule has 5 aromatic rings. The zero-order chi connectivity index (χ0) is 31.4. The zero-order valence-electron chi connectivity index (χ0n) is 26.3. The lowest BCUT2D eigenvalue weighted by atomic mass is 9.85. The van der Waals surface area contributed by atoms with Gasteiger partial charge in [0.25, 0.3) is 0 Å². The number of hydrogen-bond acceptors (Lipinski definition) is 6. The average molecular weight is 605 g/mol. The summed E-state index contributed by atoms with van der Waals surface area (Å²) < 4.78 is 3.84. The minimum atomic E-state index is -0.659. The quantitative estimate of drug-likeness (QED) is 0.214. The molecule has 0 radical (unpaired) electrons. The van der Waals surface area contributed by atoms with Gasteiger partial charge in [-0.15, -0.1) is 0 Å². The molecule has 1 aliphatic heterocycles. The van der Waals surface area contributed by atoms with E-state index in [1.807, 2.05) is 64.9 Å². The van der Waals surface area contributed by atoms with Gasteiger partial charge in [-0.05, 0) is 68.2 Å². The highest BCUT2D eigenvalue weighted by Crippen LogP contribution is 2.43. The molecular weight excluding hydrogens is 564 g/mol. The first-order valence-corrected chi connectivity index (χ1v) is 15.9. The first-order valence-electron chi connectivity index (χ1n) is 15.9. The Morgan fingerprint density at radius 2 is 1.69 bits per heavy atom. The van der Waals surface area contributed by atoms with Crippen molar-refractivity contribution in [1.29, 1.82) is 0 Å². The number of fused-ring (bicyclic) bond motifs is 3. The minimum absolute atomic E-state index is 0.182. The number of aliphatic hydroxyl groups excluding tert-OH is 1. The maximum Gasteiger partial charge on any atom is 0.307 e. The normalized spacial score (nSPS) is 20.3. The average Bonchev–Trinajstić information content (AvgIpc) is 3.68. The SMILES string of the molecule is Cc1nc(N2C[C@H]3CC[C@@H](C2)C3C(=O)O)ccc1-n1nc(-c2cccc3nn(C[C@H](O)c4ccccc4)cc23)c(C(C)C)c1C. The van der Waals surface area contributed by atoms with Crippen LogP contribution in [0.2, 0.25) is 0 Å². The Balaban J connectivity index is 1.22. The van der Waals surface area contributed by atoms with Crippen molar-refractivity contribution in [2.45, 2.75) is 59.1 Å². The van der Waals surface area contributed by atoms with Crippen LogP contribution >= 0.6 is 0 Å². The lowest BCUT2D eigenvalue weighted by molar-refractivity contribution is -0.144. The number of rotatable bonds is 8. The van der Waals surface area contributed by atoms with Crippen molar-refractivity contribution in [3.63, 3.8) is 0 Å². The van der Waals surface area contributed by atoms with E-state index in [0.717, 1.165) is 76.5 Å². The third-order valence-corrected chi connectivity index (χ3v) is 9.85. The fourth-order valence-corrected chi connectivity index (χ4v) is 7.74. The number of anilines is 1. The molecule has 2 N–H and O–H groups in total. The van der Waals surface area contributed by atoms with E-state index in [1.54, 1.807) is 0 Å². The number of aliphatic carboxylic acids is 1. The van der Waals surface area contributed by atoms with Gasteiger partial charge in [-0.1, -0.05) is 56.3 Å². The molecule has 1 unspecified atom stereocenters. The van der Waals surface area contributed by atoms with Gasteiger partial charge in [0, 0.05) is 41.5 Å². The van der Waals surface area contributed by atoms with Crippen molar-refractivity contribution in [3.8, 4) is 16.9 Å². The van der Waals surface area contributed by atoms with Crippen LogP contribution in [-0.4, -0.2) is 53.8 Å². The molecule has 45 heavy (non-hydrogen) atoms. The Morgan fingerprint density at radius 3 is 2.36 bits per heavy atom. The maximum absolute atomic E-state index is 11.8. The molecule has 3 aromatic heterocycles. The molecule has 1 aliphatic carbocycles. The van der Waals surface area contributed by atoms with Crippen molar-refractivity contribution in [3.05, 3.63) is 89.4 Å². The van der Waals surface area contributed by atoms with Crippen LogP contribution in [-0.2, 0) is 11.3 Å². The summed E-state index contributed by atoms with van der Waals surface area (Å²) in [4.78, 5) is 19.1. The number of nitrogens with zero attached hydrogens (tertiary/aromatic N) is 6. The molecule has 0 amide bonds. The predicted molar refractivity (Wildman–Crippen MR) is 175 cm³/mol. The lowest BCUT2D eigenvalue weighted by Gasteiger charge is -2.36. The van der Waals surface area contributed by atoms with E-state index in [9.17, 15) is 15.0 Å². The summed E-state index contributed by atoms with van der Waals surface area (Å²) in [5.41, 5.74) is 7.72. The van der Waals surface area contributed by atoms with Crippen LogP contribution in [0.15, 0.2) is 66.9 Å². The fraction of sp³-hybridized carbons (Fsp3) is 0.389. The molecule has 2 aromatic carbocycles. The highest BCUT2D eigenvalue weighted by molar-refractivity contribution is 5.94. The largest absolute Gasteiger partial charge is 0.481 e. The summed E-state index contributed by atoms with van der Waals surface area (Å²) in [6, 6.07) is 19.9. The zero-order valence-corrected chi connectivity index (χ0v) is 26.3. The Labute approximate surface area is 263 Å². The van der Waals surface area contributed by atoms with Crippen LogP contribution in [0.1, 0.15) is 61.2 Å². The van der Waals surface area contributed by atoms with Gasteiger partial charge in [0.2, 0.25) is 0 Å². The number of aromatic nitrogens is 5. The standard InChI is InChI=1S/C36H40N6O3/c1-21(2)33-23(4)42(30-15-16-32(37-22(30)3)40-17-25-13-14-26(18-40)34(25)36(44)45)39-35(33)27-11-8-12-29-28(27)19-41(38-29)20-31(43)24-9-6-5-7-10-24/h5-12,15-16,19,21,25-26,31,34,43H,13-14,17-18,20H2,1-4H3,(H,44,45)/t25-,26+,31-,34?/m0/s1. The van der Waals surface area contributed by atoms with E-state index < -0.39 is 12.1 Å². The molecule has 1 saturated heterocycles. The van der Waals surface area contributed by atoms with Gasteiger partial charge in [-0.25, -0.2) is 9.67 Å². The van der Waals surface area contributed by atoms with E-state index in [4.69, 9.17) is 15.2 Å². The van der Waals surface area contributed by atoms with E-state index >= 15 is 0 Å². The molecule has 7 rings (SSSR count). The molecule has 2 bridgehead atoms. The molecule has 2 aliphatic rings. The molecule has 0 spiro atoms. The number of hydrogen-bond donors (Lipinski definition) is 2.